The monoisotopic (exact) mass is 123 g/mol. The number of rotatable bonds is 0. The van der Waals surface area contributed by atoms with Crippen LogP contribution in [0.3, 0.4) is 0 Å². The first-order chi connectivity index (χ1) is 4.29. The van der Waals surface area contributed by atoms with Crippen LogP contribution >= 0.6 is 0 Å². The molecule has 1 heterocycles. The molecule has 3 heteroatoms. The third kappa shape index (κ3) is 1.68. The predicted molar refractivity (Wildman–Crippen MR) is 35.5 cm³/mol. The number of nitrogens with zero attached hydrogens (tertiary/aromatic N) is 3. The van der Waals surface area contributed by atoms with E-state index in [1.165, 1.54) is 0 Å². The molecule has 0 aliphatic carbocycles. The van der Waals surface area contributed by atoms with E-state index in [0.717, 1.165) is 5.57 Å². The lowest BCUT2D eigenvalue weighted by Gasteiger charge is -2.01. The highest BCUT2D eigenvalue weighted by molar-refractivity contribution is 5.14. The molecule has 0 amide bonds. The third-order valence-electron chi connectivity index (χ3n) is 0.987. The van der Waals surface area contributed by atoms with E-state index in [9.17, 15) is 0 Å². The van der Waals surface area contributed by atoms with Crippen LogP contribution in [0.4, 0.5) is 0 Å². The molecule has 0 fully saturated rings. The van der Waals surface area contributed by atoms with Crippen LogP contribution in [0.1, 0.15) is 6.92 Å². The molecule has 0 aromatic heterocycles. The molecule has 0 N–H and O–H groups in total. The molecule has 0 radical (unpaired) electrons. The van der Waals surface area contributed by atoms with Crippen LogP contribution in [0.2, 0.25) is 0 Å². The quantitative estimate of drug-likeness (QED) is 0.482. The van der Waals surface area contributed by atoms with E-state index in [1.807, 2.05) is 26.2 Å². The summed E-state index contributed by atoms with van der Waals surface area (Å²) in [7, 11) is 1.85. The van der Waals surface area contributed by atoms with Crippen molar-refractivity contribution < 1.29 is 0 Å². The van der Waals surface area contributed by atoms with Gasteiger partial charge in [-0.3, -0.25) is 5.01 Å². The fourth-order valence-electron chi connectivity index (χ4n) is 0.626. The van der Waals surface area contributed by atoms with Gasteiger partial charge in [-0.25, -0.2) is 0 Å². The number of hydrogen-bond donors (Lipinski definition) is 0. The maximum Gasteiger partial charge on any atom is 0.0516 e. The van der Waals surface area contributed by atoms with Gasteiger partial charge in [0.05, 0.1) is 6.20 Å². The Morgan fingerprint density at radius 2 is 2.33 bits per heavy atom. The smallest absolute Gasteiger partial charge is 0.0516 e. The van der Waals surface area contributed by atoms with Crippen LogP contribution in [-0.2, 0) is 0 Å². The summed E-state index contributed by atoms with van der Waals surface area (Å²) in [6, 6.07) is 0. The minimum atomic E-state index is 1.16. The Balaban J connectivity index is 2.77. The molecule has 0 bridgehead atoms. The summed E-state index contributed by atoms with van der Waals surface area (Å²) >= 11 is 0. The van der Waals surface area contributed by atoms with E-state index < -0.39 is 0 Å². The maximum atomic E-state index is 3.77. The molecule has 0 aromatic carbocycles. The maximum absolute atomic E-state index is 3.77. The van der Waals surface area contributed by atoms with E-state index in [2.05, 4.69) is 10.3 Å². The van der Waals surface area contributed by atoms with Crippen LogP contribution in [0, 0.1) is 0 Å². The first-order valence-corrected chi connectivity index (χ1v) is 2.77. The second-order valence-corrected chi connectivity index (χ2v) is 1.97. The van der Waals surface area contributed by atoms with Gasteiger partial charge in [-0.15, -0.1) is 5.11 Å². The van der Waals surface area contributed by atoms with Gasteiger partial charge in [0.15, 0.2) is 0 Å². The van der Waals surface area contributed by atoms with Crippen molar-refractivity contribution in [2.75, 3.05) is 7.05 Å². The average molecular weight is 123 g/mol. The topological polar surface area (TPSA) is 28.0 Å². The summed E-state index contributed by atoms with van der Waals surface area (Å²) in [4.78, 5) is 0. The van der Waals surface area contributed by atoms with Gasteiger partial charge in [-0.2, -0.15) is 0 Å². The van der Waals surface area contributed by atoms with E-state index in [0.29, 0.717) is 0 Å². The second-order valence-electron chi connectivity index (χ2n) is 1.97. The van der Waals surface area contributed by atoms with E-state index in [1.54, 1.807) is 11.2 Å². The fraction of sp³-hybridized carbons (Fsp3) is 0.333. The first-order valence-electron chi connectivity index (χ1n) is 2.77. The van der Waals surface area contributed by atoms with Crippen LogP contribution in [0.25, 0.3) is 0 Å². The molecule has 0 atom stereocenters. The summed E-state index contributed by atoms with van der Waals surface area (Å²) in [6.07, 6.45) is 5.50. The van der Waals surface area contributed by atoms with Crippen molar-refractivity contribution in [3.63, 3.8) is 0 Å². The molecule has 0 aromatic rings. The summed E-state index contributed by atoms with van der Waals surface area (Å²) in [5.74, 6) is 0. The van der Waals surface area contributed by atoms with Gasteiger partial charge in [0, 0.05) is 13.2 Å². The van der Waals surface area contributed by atoms with Crippen molar-refractivity contribution in [3.8, 4) is 0 Å². The molecule has 3 nitrogen and oxygen atoms in total. The lowest BCUT2D eigenvalue weighted by Crippen LogP contribution is -1.98. The van der Waals surface area contributed by atoms with Crippen LogP contribution in [0.5, 0.6) is 0 Å². The van der Waals surface area contributed by atoms with Gasteiger partial charge < -0.3 is 0 Å². The van der Waals surface area contributed by atoms with Crippen molar-refractivity contribution in [2.24, 2.45) is 10.3 Å². The molecular weight excluding hydrogens is 114 g/mol. The molecule has 0 unspecified atom stereocenters. The second kappa shape index (κ2) is 2.44. The number of hydrogen-bond acceptors (Lipinski definition) is 3. The molecule has 48 valence electrons. The molecule has 0 saturated carbocycles. The highest BCUT2D eigenvalue weighted by Crippen LogP contribution is 2.02. The largest absolute Gasteiger partial charge is 0.257 e. The first kappa shape index (κ1) is 6.01. The SMILES string of the molecule is CC1=CN(C)N=NC=C1. The Hall–Kier alpha value is -1.12. The summed E-state index contributed by atoms with van der Waals surface area (Å²) in [6.45, 7) is 2.00. The fourth-order valence-corrected chi connectivity index (χ4v) is 0.626. The molecule has 9 heavy (non-hydrogen) atoms. The lowest BCUT2D eigenvalue weighted by molar-refractivity contribution is 0.456. The highest BCUT2D eigenvalue weighted by atomic mass is 15.5. The van der Waals surface area contributed by atoms with Crippen molar-refractivity contribution in [1.29, 1.82) is 0 Å². The molecule has 0 spiro atoms. The summed E-state index contributed by atoms with van der Waals surface area (Å²) in [5, 5.41) is 9.17. The zero-order valence-electron chi connectivity index (χ0n) is 5.57. The summed E-state index contributed by atoms with van der Waals surface area (Å²) in [5.41, 5.74) is 1.16. The Bertz CT molecular complexity index is 179. The number of allylic oxidation sites excluding steroid dienone is 2. The Labute approximate surface area is 54.4 Å². The highest BCUT2D eigenvalue weighted by Gasteiger charge is 1.89. The van der Waals surface area contributed by atoms with Gasteiger partial charge in [0.2, 0.25) is 0 Å². The van der Waals surface area contributed by atoms with Gasteiger partial charge >= 0.3 is 0 Å². The summed E-state index contributed by atoms with van der Waals surface area (Å²) < 4.78 is 0. The predicted octanol–water partition coefficient (Wildman–Crippen LogP) is 1.72. The third-order valence-corrected chi connectivity index (χ3v) is 0.987. The van der Waals surface area contributed by atoms with Gasteiger partial charge in [-0.05, 0) is 18.6 Å². The van der Waals surface area contributed by atoms with E-state index in [4.69, 9.17) is 0 Å². The lowest BCUT2D eigenvalue weighted by atomic mass is 10.3. The zero-order chi connectivity index (χ0) is 6.69. The van der Waals surface area contributed by atoms with Gasteiger partial charge in [0.1, 0.15) is 0 Å². The van der Waals surface area contributed by atoms with E-state index in [-0.39, 0.29) is 0 Å². The van der Waals surface area contributed by atoms with Crippen LogP contribution in [0.15, 0.2) is 34.4 Å². The van der Waals surface area contributed by atoms with Gasteiger partial charge in [0.25, 0.3) is 0 Å². The Morgan fingerprint density at radius 1 is 1.56 bits per heavy atom. The van der Waals surface area contributed by atoms with Crippen molar-refractivity contribution in [1.82, 2.24) is 5.01 Å². The standard InChI is InChI=1S/C6H9N3/c1-6-3-4-7-8-9(2)5-6/h3-5H,1-2H3. The zero-order valence-corrected chi connectivity index (χ0v) is 5.57. The Morgan fingerprint density at radius 3 is 3.11 bits per heavy atom. The molecular formula is C6H9N3. The van der Waals surface area contributed by atoms with Crippen molar-refractivity contribution in [3.05, 3.63) is 24.0 Å². The minimum Gasteiger partial charge on any atom is -0.257 e. The average Bonchev–Trinajstić information content (AvgIpc) is 1.93. The Kier molecular flexibility index (Phi) is 1.63. The van der Waals surface area contributed by atoms with Gasteiger partial charge in [-0.1, -0.05) is 5.22 Å². The van der Waals surface area contributed by atoms with Crippen molar-refractivity contribution in [2.45, 2.75) is 6.92 Å². The molecule has 1 aliphatic heterocycles. The minimum absolute atomic E-state index is 1.16. The molecule has 1 rings (SSSR count). The van der Waals surface area contributed by atoms with Crippen LogP contribution < -0.4 is 0 Å². The molecule has 0 saturated heterocycles. The molecule has 1 aliphatic rings. The van der Waals surface area contributed by atoms with Crippen molar-refractivity contribution >= 4 is 0 Å². The normalized spacial score (nSPS) is 17.6. The van der Waals surface area contributed by atoms with Crippen LogP contribution in [-0.4, -0.2) is 12.1 Å². The van der Waals surface area contributed by atoms with E-state index >= 15 is 0 Å².